The Morgan fingerprint density at radius 1 is 1.32 bits per heavy atom. The fourth-order valence-electron chi connectivity index (χ4n) is 2.47. The van der Waals surface area contributed by atoms with Crippen molar-refractivity contribution in [2.45, 2.75) is 44.0 Å². The topological polar surface area (TPSA) is 37.4 Å². The monoisotopic (exact) mass is 345 g/mol. The molecule has 1 fully saturated rings. The second-order valence-electron chi connectivity index (χ2n) is 5.16. The van der Waals surface area contributed by atoms with Crippen molar-refractivity contribution in [3.05, 3.63) is 29.3 Å². The largest absolute Gasteiger partial charge is 0.243 e. The summed E-state index contributed by atoms with van der Waals surface area (Å²) >= 11 is 3.36. The van der Waals surface area contributed by atoms with E-state index in [9.17, 15) is 8.42 Å². The van der Waals surface area contributed by atoms with E-state index in [0.717, 1.165) is 30.4 Å². The number of rotatable bonds is 5. The van der Waals surface area contributed by atoms with E-state index in [2.05, 4.69) is 15.9 Å². The number of benzene rings is 1. The van der Waals surface area contributed by atoms with E-state index >= 15 is 0 Å². The van der Waals surface area contributed by atoms with E-state index in [4.69, 9.17) is 0 Å². The molecule has 1 aliphatic rings. The van der Waals surface area contributed by atoms with Gasteiger partial charge in [-0.05, 0) is 38.3 Å². The molecule has 0 saturated heterocycles. The van der Waals surface area contributed by atoms with Gasteiger partial charge in [-0.3, -0.25) is 0 Å². The smallest absolute Gasteiger partial charge is 0.207 e. The predicted octanol–water partition coefficient (Wildman–Crippen LogP) is 3.24. The average molecular weight is 346 g/mol. The molecule has 1 saturated carbocycles. The SMILES string of the molecule is Cc1ccc(S(=O)(=O)N(CCBr)C2CCC2)c(C)c1. The van der Waals surface area contributed by atoms with Gasteiger partial charge in [0.05, 0.1) is 4.90 Å². The van der Waals surface area contributed by atoms with Crippen LogP contribution in [0.25, 0.3) is 0 Å². The maximum absolute atomic E-state index is 12.8. The molecule has 0 unspecified atom stereocenters. The van der Waals surface area contributed by atoms with Gasteiger partial charge in [-0.2, -0.15) is 4.31 Å². The molecule has 1 aromatic rings. The fraction of sp³-hybridized carbons (Fsp3) is 0.571. The Hall–Kier alpha value is -0.390. The van der Waals surface area contributed by atoms with Crippen LogP contribution < -0.4 is 0 Å². The van der Waals surface area contributed by atoms with Crippen LogP contribution in [0.15, 0.2) is 23.1 Å². The fourth-order valence-corrected chi connectivity index (χ4v) is 4.98. The van der Waals surface area contributed by atoms with Crippen molar-refractivity contribution in [3.8, 4) is 0 Å². The average Bonchev–Trinajstić information content (AvgIpc) is 2.25. The van der Waals surface area contributed by atoms with Gasteiger partial charge in [0, 0.05) is 17.9 Å². The highest BCUT2D eigenvalue weighted by Gasteiger charge is 2.34. The Labute approximate surface area is 124 Å². The Morgan fingerprint density at radius 3 is 2.47 bits per heavy atom. The first-order valence-electron chi connectivity index (χ1n) is 6.62. The van der Waals surface area contributed by atoms with E-state index in [0.29, 0.717) is 16.8 Å². The first-order chi connectivity index (χ1) is 8.96. The lowest BCUT2D eigenvalue weighted by atomic mass is 9.93. The van der Waals surface area contributed by atoms with Crippen molar-refractivity contribution >= 4 is 26.0 Å². The Balaban J connectivity index is 2.38. The van der Waals surface area contributed by atoms with Crippen molar-refractivity contribution in [2.24, 2.45) is 0 Å². The van der Waals surface area contributed by atoms with Crippen LogP contribution in [0.5, 0.6) is 0 Å². The standard InChI is InChI=1S/C14H20BrNO2S/c1-11-6-7-14(12(2)10-11)19(17,18)16(9-8-15)13-4-3-5-13/h6-7,10,13H,3-5,8-9H2,1-2H3. The van der Waals surface area contributed by atoms with Crippen LogP contribution in [-0.2, 0) is 10.0 Å². The quantitative estimate of drug-likeness (QED) is 0.768. The van der Waals surface area contributed by atoms with Crippen LogP contribution in [0.4, 0.5) is 0 Å². The number of halogens is 1. The molecule has 0 amide bonds. The van der Waals surface area contributed by atoms with Gasteiger partial charge in [0.2, 0.25) is 10.0 Å². The normalized spacial score (nSPS) is 16.6. The zero-order valence-electron chi connectivity index (χ0n) is 11.4. The summed E-state index contributed by atoms with van der Waals surface area (Å²) in [6.07, 6.45) is 3.10. The van der Waals surface area contributed by atoms with E-state index in [-0.39, 0.29) is 6.04 Å². The minimum absolute atomic E-state index is 0.184. The minimum Gasteiger partial charge on any atom is -0.207 e. The van der Waals surface area contributed by atoms with Gasteiger partial charge in [0.1, 0.15) is 0 Å². The molecule has 0 aliphatic heterocycles. The summed E-state index contributed by atoms with van der Waals surface area (Å²) in [5.74, 6) is 0. The van der Waals surface area contributed by atoms with E-state index in [1.807, 2.05) is 26.0 Å². The highest BCUT2D eigenvalue weighted by Crippen LogP contribution is 2.31. The van der Waals surface area contributed by atoms with Crippen LogP contribution in [0.3, 0.4) is 0 Å². The van der Waals surface area contributed by atoms with E-state index in [1.165, 1.54) is 0 Å². The number of alkyl halides is 1. The predicted molar refractivity (Wildman–Crippen MR) is 81.2 cm³/mol. The third-order valence-corrected chi connectivity index (χ3v) is 6.17. The molecule has 3 nitrogen and oxygen atoms in total. The maximum atomic E-state index is 12.8. The molecule has 0 N–H and O–H groups in total. The van der Waals surface area contributed by atoms with Gasteiger partial charge in [0.15, 0.2) is 0 Å². The first-order valence-corrected chi connectivity index (χ1v) is 9.18. The third-order valence-electron chi connectivity index (χ3n) is 3.70. The molecule has 106 valence electrons. The van der Waals surface area contributed by atoms with Crippen LogP contribution in [0.2, 0.25) is 0 Å². The summed E-state index contributed by atoms with van der Waals surface area (Å²) in [7, 11) is -3.37. The van der Waals surface area contributed by atoms with Gasteiger partial charge in [-0.15, -0.1) is 0 Å². The molecule has 1 aromatic carbocycles. The Kier molecular flexibility index (Phi) is 4.69. The lowest BCUT2D eigenvalue weighted by Gasteiger charge is -2.36. The first kappa shape index (κ1) is 15.0. The van der Waals surface area contributed by atoms with Gasteiger partial charge in [0.25, 0.3) is 0 Å². The molecule has 0 spiro atoms. The Morgan fingerprint density at radius 2 is 2.00 bits per heavy atom. The number of aryl methyl sites for hydroxylation is 2. The van der Waals surface area contributed by atoms with Crippen LogP contribution in [-0.4, -0.2) is 30.6 Å². The van der Waals surface area contributed by atoms with Crippen LogP contribution >= 0.6 is 15.9 Å². The van der Waals surface area contributed by atoms with Crippen molar-refractivity contribution in [1.82, 2.24) is 4.31 Å². The molecule has 0 atom stereocenters. The lowest BCUT2D eigenvalue weighted by molar-refractivity contribution is 0.228. The summed E-state index contributed by atoms with van der Waals surface area (Å²) in [6, 6.07) is 5.72. The van der Waals surface area contributed by atoms with Gasteiger partial charge < -0.3 is 0 Å². The van der Waals surface area contributed by atoms with Crippen molar-refractivity contribution in [1.29, 1.82) is 0 Å². The number of nitrogens with zero attached hydrogens (tertiary/aromatic N) is 1. The molecule has 0 aromatic heterocycles. The number of sulfonamides is 1. The summed E-state index contributed by atoms with van der Waals surface area (Å²) in [6.45, 7) is 4.39. The molecule has 0 bridgehead atoms. The zero-order valence-corrected chi connectivity index (χ0v) is 13.8. The zero-order chi connectivity index (χ0) is 14.0. The number of hydrogen-bond donors (Lipinski definition) is 0. The maximum Gasteiger partial charge on any atom is 0.243 e. The molecule has 0 heterocycles. The molecule has 5 heteroatoms. The summed E-state index contributed by atoms with van der Waals surface area (Å²) in [4.78, 5) is 0.450. The molecular formula is C14H20BrNO2S. The van der Waals surface area contributed by atoms with Gasteiger partial charge in [-0.1, -0.05) is 40.0 Å². The third kappa shape index (κ3) is 3.03. The van der Waals surface area contributed by atoms with Crippen molar-refractivity contribution in [3.63, 3.8) is 0 Å². The highest BCUT2D eigenvalue weighted by molar-refractivity contribution is 9.09. The van der Waals surface area contributed by atoms with Crippen LogP contribution in [0.1, 0.15) is 30.4 Å². The molecule has 1 aliphatic carbocycles. The van der Waals surface area contributed by atoms with E-state index in [1.54, 1.807) is 10.4 Å². The highest BCUT2D eigenvalue weighted by atomic mass is 79.9. The van der Waals surface area contributed by atoms with Crippen molar-refractivity contribution in [2.75, 3.05) is 11.9 Å². The second-order valence-corrected chi connectivity index (χ2v) is 7.81. The van der Waals surface area contributed by atoms with Crippen molar-refractivity contribution < 1.29 is 8.42 Å². The van der Waals surface area contributed by atoms with Gasteiger partial charge >= 0.3 is 0 Å². The summed E-state index contributed by atoms with van der Waals surface area (Å²) < 4.78 is 27.3. The summed E-state index contributed by atoms with van der Waals surface area (Å²) in [5.41, 5.74) is 1.92. The van der Waals surface area contributed by atoms with Gasteiger partial charge in [-0.25, -0.2) is 8.42 Å². The van der Waals surface area contributed by atoms with Crippen LogP contribution in [0, 0.1) is 13.8 Å². The lowest BCUT2D eigenvalue weighted by Crippen LogP contribution is -2.45. The molecule has 0 radical (unpaired) electrons. The molecule has 2 rings (SSSR count). The van der Waals surface area contributed by atoms with E-state index < -0.39 is 10.0 Å². The number of hydrogen-bond acceptors (Lipinski definition) is 2. The minimum atomic E-state index is -3.37. The second kappa shape index (κ2) is 5.94. The molecular weight excluding hydrogens is 326 g/mol. The Bertz CT molecular complexity index is 553. The summed E-state index contributed by atoms with van der Waals surface area (Å²) in [5, 5.41) is 0.674. The molecule has 19 heavy (non-hydrogen) atoms.